The minimum Gasteiger partial charge on any atom is -0.444 e. The van der Waals surface area contributed by atoms with Gasteiger partial charge in [0.05, 0.1) is 12.3 Å². The Morgan fingerprint density at radius 1 is 1.33 bits per heavy atom. The minimum atomic E-state index is 0.607. The van der Waals surface area contributed by atoms with Gasteiger partial charge in [0, 0.05) is 30.8 Å². The molecule has 1 aromatic heterocycles. The van der Waals surface area contributed by atoms with E-state index in [1.54, 1.807) is 13.4 Å². The fraction of sp³-hybridized carbons (Fsp3) is 0.308. The Morgan fingerprint density at radius 2 is 2.11 bits per heavy atom. The highest BCUT2D eigenvalue weighted by molar-refractivity contribution is 6.30. The fourth-order valence-electron chi connectivity index (χ4n) is 1.50. The van der Waals surface area contributed by atoms with Crippen LogP contribution >= 0.6 is 11.6 Å². The number of ether oxygens (including phenoxy) is 1. The third kappa shape index (κ3) is 3.57. The first-order chi connectivity index (χ1) is 8.79. The van der Waals surface area contributed by atoms with Crippen LogP contribution in [0.5, 0.6) is 0 Å². The Kier molecular flexibility index (Phi) is 4.75. The summed E-state index contributed by atoms with van der Waals surface area (Å²) in [7, 11) is 1.68. The molecule has 1 heterocycles. The van der Waals surface area contributed by atoms with Crippen LogP contribution in [0.1, 0.15) is 5.69 Å². The van der Waals surface area contributed by atoms with Gasteiger partial charge in [-0.1, -0.05) is 11.6 Å². The van der Waals surface area contributed by atoms with Gasteiger partial charge >= 0.3 is 0 Å². The van der Waals surface area contributed by atoms with Gasteiger partial charge in [-0.3, -0.25) is 0 Å². The summed E-state index contributed by atoms with van der Waals surface area (Å²) in [4.78, 5) is 4.39. The first-order valence-electron chi connectivity index (χ1n) is 5.69. The summed E-state index contributed by atoms with van der Waals surface area (Å²) in [6.07, 6.45) is 1.66. The van der Waals surface area contributed by atoms with Crippen molar-refractivity contribution in [3.8, 4) is 11.5 Å². The van der Waals surface area contributed by atoms with Gasteiger partial charge in [0.25, 0.3) is 0 Å². The lowest BCUT2D eigenvalue weighted by molar-refractivity contribution is 0.199. The second kappa shape index (κ2) is 6.54. The number of nitrogens with one attached hydrogen (secondary N) is 1. The monoisotopic (exact) mass is 266 g/mol. The van der Waals surface area contributed by atoms with Crippen molar-refractivity contribution in [3.05, 3.63) is 41.2 Å². The molecule has 4 nitrogen and oxygen atoms in total. The predicted octanol–water partition coefficient (Wildman–Crippen LogP) is 2.73. The fourth-order valence-corrected chi connectivity index (χ4v) is 1.63. The molecule has 0 unspecified atom stereocenters. The Morgan fingerprint density at radius 3 is 2.83 bits per heavy atom. The Bertz CT molecular complexity index is 482. The molecule has 0 spiro atoms. The highest BCUT2D eigenvalue weighted by atomic mass is 35.5. The van der Waals surface area contributed by atoms with E-state index >= 15 is 0 Å². The molecule has 0 fully saturated rings. The number of hydrogen-bond donors (Lipinski definition) is 1. The van der Waals surface area contributed by atoms with Crippen molar-refractivity contribution in [3.63, 3.8) is 0 Å². The van der Waals surface area contributed by atoms with Crippen LogP contribution in [-0.4, -0.2) is 25.2 Å². The second-order valence-corrected chi connectivity index (χ2v) is 4.26. The molecule has 0 radical (unpaired) electrons. The molecule has 18 heavy (non-hydrogen) atoms. The van der Waals surface area contributed by atoms with E-state index < -0.39 is 0 Å². The molecule has 0 aliphatic heterocycles. The molecule has 5 heteroatoms. The summed E-state index contributed by atoms with van der Waals surface area (Å²) >= 11 is 5.83. The molecule has 0 amide bonds. The van der Waals surface area contributed by atoms with E-state index in [9.17, 15) is 0 Å². The highest BCUT2D eigenvalue weighted by Gasteiger charge is 2.06. The van der Waals surface area contributed by atoms with Crippen LogP contribution in [-0.2, 0) is 11.3 Å². The third-order valence-corrected chi connectivity index (χ3v) is 2.68. The number of benzene rings is 1. The van der Waals surface area contributed by atoms with Crippen LogP contribution in [0.3, 0.4) is 0 Å². The number of methoxy groups -OCH3 is 1. The number of nitrogens with zero attached hydrogens (tertiary/aromatic N) is 1. The van der Waals surface area contributed by atoms with E-state index in [0.717, 1.165) is 17.8 Å². The highest BCUT2D eigenvalue weighted by Crippen LogP contribution is 2.20. The lowest BCUT2D eigenvalue weighted by Gasteiger charge is -1.99. The van der Waals surface area contributed by atoms with Gasteiger partial charge in [-0.25, -0.2) is 4.98 Å². The van der Waals surface area contributed by atoms with E-state index in [0.29, 0.717) is 24.1 Å². The third-order valence-electron chi connectivity index (χ3n) is 2.43. The largest absolute Gasteiger partial charge is 0.444 e. The van der Waals surface area contributed by atoms with Gasteiger partial charge in [-0.2, -0.15) is 0 Å². The van der Waals surface area contributed by atoms with Gasteiger partial charge in [0.1, 0.15) is 6.26 Å². The molecule has 0 saturated heterocycles. The topological polar surface area (TPSA) is 47.3 Å². The first-order valence-corrected chi connectivity index (χ1v) is 6.07. The van der Waals surface area contributed by atoms with Crippen molar-refractivity contribution in [2.45, 2.75) is 6.54 Å². The predicted molar refractivity (Wildman–Crippen MR) is 70.5 cm³/mol. The number of halogens is 1. The average Bonchev–Trinajstić information content (AvgIpc) is 2.84. The summed E-state index contributed by atoms with van der Waals surface area (Å²) < 4.78 is 10.4. The molecule has 2 rings (SSSR count). The average molecular weight is 267 g/mol. The molecular formula is C13H15ClN2O2. The van der Waals surface area contributed by atoms with E-state index in [1.807, 2.05) is 24.3 Å². The van der Waals surface area contributed by atoms with Gasteiger partial charge < -0.3 is 14.5 Å². The summed E-state index contributed by atoms with van der Waals surface area (Å²) in [5.74, 6) is 0.607. The SMILES string of the molecule is COCCNCc1coc(-c2ccc(Cl)cc2)n1. The van der Waals surface area contributed by atoms with E-state index in [-0.39, 0.29) is 0 Å². The summed E-state index contributed by atoms with van der Waals surface area (Å²) in [6.45, 7) is 2.14. The van der Waals surface area contributed by atoms with Gasteiger partial charge in [0.2, 0.25) is 5.89 Å². The van der Waals surface area contributed by atoms with Gasteiger partial charge in [-0.05, 0) is 24.3 Å². The molecule has 1 N–H and O–H groups in total. The zero-order valence-corrected chi connectivity index (χ0v) is 10.9. The van der Waals surface area contributed by atoms with Crippen LogP contribution in [0.2, 0.25) is 5.02 Å². The van der Waals surface area contributed by atoms with Crippen molar-refractivity contribution in [1.82, 2.24) is 10.3 Å². The molecular weight excluding hydrogens is 252 g/mol. The van der Waals surface area contributed by atoms with Crippen LogP contribution in [0.15, 0.2) is 34.9 Å². The standard InChI is InChI=1S/C13H15ClN2O2/c1-17-7-6-15-8-12-9-18-13(16-12)10-2-4-11(14)5-3-10/h2-5,9,15H,6-8H2,1H3. The number of rotatable bonds is 6. The molecule has 0 aliphatic rings. The summed E-state index contributed by atoms with van der Waals surface area (Å²) in [5.41, 5.74) is 1.79. The summed E-state index contributed by atoms with van der Waals surface area (Å²) in [6, 6.07) is 7.40. The van der Waals surface area contributed by atoms with Crippen LogP contribution in [0.4, 0.5) is 0 Å². The zero-order chi connectivity index (χ0) is 12.8. The molecule has 0 atom stereocenters. The maximum atomic E-state index is 5.83. The van der Waals surface area contributed by atoms with E-state index in [4.69, 9.17) is 20.8 Å². The maximum Gasteiger partial charge on any atom is 0.226 e. The van der Waals surface area contributed by atoms with Gasteiger partial charge in [-0.15, -0.1) is 0 Å². The zero-order valence-electron chi connectivity index (χ0n) is 10.1. The lowest BCUT2D eigenvalue weighted by atomic mass is 10.2. The molecule has 0 aliphatic carbocycles. The Balaban J connectivity index is 1.95. The molecule has 1 aromatic carbocycles. The van der Waals surface area contributed by atoms with Crippen LogP contribution in [0, 0.1) is 0 Å². The molecule has 2 aromatic rings. The second-order valence-electron chi connectivity index (χ2n) is 3.82. The Hall–Kier alpha value is -1.36. The van der Waals surface area contributed by atoms with Crippen molar-refractivity contribution in [1.29, 1.82) is 0 Å². The molecule has 0 saturated carbocycles. The molecule has 0 bridgehead atoms. The Labute approximate surface area is 111 Å². The van der Waals surface area contributed by atoms with Crippen molar-refractivity contribution < 1.29 is 9.15 Å². The quantitative estimate of drug-likeness (QED) is 0.817. The first kappa shape index (κ1) is 13.1. The smallest absolute Gasteiger partial charge is 0.226 e. The van der Waals surface area contributed by atoms with Crippen LogP contribution in [0.25, 0.3) is 11.5 Å². The van der Waals surface area contributed by atoms with E-state index in [2.05, 4.69) is 10.3 Å². The number of aromatic nitrogens is 1. The lowest BCUT2D eigenvalue weighted by Crippen LogP contribution is -2.18. The minimum absolute atomic E-state index is 0.607. The molecule has 96 valence electrons. The van der Waals surface area contributed by atoms with Crippen molar-refractivity contribution in [2.24, 2.45) is 0 Å². The van der Waals surface area contributed by atoms with Gasteiger partial charge in [0.15, 0.2) is 0 Å². The van der Waals surface area contributed by atoms with Crippen molar-refractivity contribution >= 4 is 11.6 Å². The number of hydrogen-bond acceptors (Lipinski definition) is 4. The van der Waals surface area contributed by atoms with E-state index in [1.165, 1.54) is 0 Å². The van der Waals surface area contributed by atoms with Crippen LogP contribution < -0.4 is 5.32 Å². The maximum absolute atomic E-state index is 5.83. The summed E-state index contributed by atoms with van der Waals surface area (Å²) in [5, 5.41) is 3.91. The normalized spacial score (nSPS) is 10.8. The van der Waals surface area contributed by atoms with Crippen molar-refractivity contribution in [2.75, 3.05) is 20.3 Å². The number of oxazole rings is 1.